The fourth-order valence-corrected chi connectivity index (χ4v) is 4.09. The number of rotatable bonds is 4. The van der Waals surface area contributed by atoms with Gasteiger partial charge in [0.25, 0.3) is 0 Å². The van der Waals surface area contributed by atoms with Crippen LogP contribution in [0.3, 0.4) is 0 Å². The van der Waals surface area contributed by atoms with Gasteiger partial charge in [0.2, 0.25) is 5.95 Å². The number of aryl methyl sites for hydroxylation is 1. The number of nitrogens with zero attached hydrogens (tertiary/aromatic N) is 6. The van der Waals surface area contributed by atoms with Crippen LogP contribution in [-0.4, -0.2) is 43.7 Å². The number of hydrogen-bond donors (Lipinski definition) is 1. The van der Waals surface area contributed by atoms with Gasteiger partial charge in [-0.05, 0) is 49.6 Å². The van der Waals surface area contributed by atoms with Crippen molar-refractivity contribution in [2.75, 3.05) is 23.3 Å². The van der Waals surface area contributed by atoms with E-state index in [-0.39, 0.29) is 0 Å². The highest BCUT2D eigenvalue weighted by Crippen LogP contribution is 2.27. The van der Waals surface area contributed by atoms with E-state index in [4.69, 9.17) is 16.6 Å². The van der Waals surface area contributed by atoms with E-state index in [0.29, 0.717) is 17.0 Å². The zero-order valence-corrected chi connectivity index (χ0v) is 17.4. The second-order valence-electron chi connectivity index (χ2n) is 7.56. The Hall–Kier alpha value is -3.19. The van der Waals surface area contributed by atoms with Crippen LogP contribution in [0.1, 0.15) is 18.5 Å². The summed E-state index contributed by atoms with van der Waals surface area (Å²) in [5.41, 5.74) is 3.84. The number of benzene rings is 1. The van der Waals surface area contributed by atoms with Crippen molar-refractivity contribution >= 4 is 29.0 Å². The van der Waals surface area contributed by atoms with Crippen molar-refractivity contribution in [1.82, 2.24) is 24.6 Å². The first-order valence-corrected chi connectivity index (χ1v) is 10.4. The molecule has 0 radical (unpaired) electrons. The standard InChI is InChI=1S/C22H22ClN7/c1-15-12-20(25-14-24-15)29-10-7-18(8-11-29)26-22-27-21-19(6-3-9-30(21)28-22)16-4-2-5-17(23)13-16/h2-6,9,12-14,18H,7-8,10-11H2,1H3,(H,26,28). The summed E-state index contributed by atoms with van der Waals surface area (Å²) in [6, 6.07) is 14.2. The van der Waals surface area contributed by atoms with E-state index >= 15 is 0 Å². The molecule has 0 saturated carbocycles. The summed E-state index contributed by atoms with van der Waals surface area (Å²) in [7, 11) is 0. The van der Waals surface area contributed by atoms with Gasteiger partial charge in [0, 0.05) is 47.7 Å². The van der Waals surface area contributed by atoms with E-state index < -0.39 is 0 Å². The van der Waals surface area contributed by atoms with Crippen molar-refractivity contribution in [1.29, 1.82) is 0 Å². The van der Waals surface area contributed by atoms with E-state index in [1.165, 1.54) is 0 Å². The van der Waals surface area contributed by atoms with Gasteiger partial charge in [-0.2, -0.15) is 4.98 Å². The monoisotopic (exact) mass is 419 g/mol. The molecule has 1 aliphatic heterocycles. The third-order valence-electron chi connectivity index (χ3n) is 5.44. The lowest BCUT2D eigenvalue weighted by atomic mass is 10.1. The van der Waals surface area contributed by atoms with Crippen molar-refractivity contribution in [2.24, 2.45) is 0 Å². The smallest absolute Gasteiger partial charge is 0.243 e. The van der Waals surface area contributed by atoms with Crippen LogP contribution in [0.15, 0.2) is 55.0 Å². The molecule has 0 atom stereocenters. The molecule has 0 aliphatic carbocycles. The lowest BCUT2D eigenvalue weighted by Crippen LogP contribution is -2.39. The van der Waals surface area contributed by atoms with Crippen LogP contribution in [0.5, 0.6) is 0 Å². The number of halogens is 1. The molecule has 152 valence electrons. The second kappa shape index (κ2) is 7.91. The fraction of sp³-hybridized carbons (Fsp3) is 0.273. The summed E-state index contributed by atoms with van der Waals surface area (Å²) in [4.78, 5) is 15.7. The summed E-state index contributed by atoms with van der Waals surface area (Å²) in [5.74, 6) is 1.65. The molecular formula is C22H22ClN7. The second-order valence-corrected chi connectivity index (χ2v) is 8.00. The van der Waals surface area contributed by atoms with E-state index in [9.17, 15) is 0 Å². The number of fused-ring (bicyclic) bond motifs is 1. The van der Waals surface area contributed by atoms with Gasteiger partial charge >= 0.3 is 0 Å². The van der Waals surface area contributed by atoms with Gasteiger partial charge in [-0.1, -0.05) is 23.7 Å². The van der Waals surface area contributed by atoms with Gasteiger partial charge in [0.05, 0.1) is 0 Å². The first-order chi connectivity index (χ1) is 14.7. The van der Waals surface area contributed by atoms with Gasteiger partial charge < -0.3 is 10.2 Å². The molecule has 1 aliphatic rings. The number of nitrogens with one attached hydrogen (secondary N) is 1. The molecule has 5 rings (SSSR count). The van der Waals surface area contributed by atoms with Crippen LogP contribution in [0.25, 0.3) is 16.8 Å². The Labute approximate surface area is 179 Å². The molecule has 0 spiro atoms. The Morgan fingerprint density at radius 1 is 1.07 bits per heavy atom. The molecule has 4 aromatic rings. The van der Waals surface area contributed by atoms with Crippen LogP contribution in [-0.2, 0) is 0 Å². The minimum atomic E-state index is 0.330. The third-order valence-corrected chi connectivity index (χ3v) is 5.67. The zero-order chi connectivity index (χ0) is 20.5. The van der Waals surface area contributed by atoms with Crippen LogP contribution in [0.2, 0.25) is 5.02 Å². The van der Waals surface area contributed by atoms with E-state index in [1.807, 2.05) is 60.1 Å². The molecule has 30 heavy (non-hydrogen) atoms. The van der Waals surface area contributed by atoms with Crippen LogP contribution < -0.4 is 10.2 Å². The van der Waals surface area contributed by atoms with Gasteiger partial charge in [-0.25, -0.2) is 14.5 Å². The highest BCUT2D eigenvalue weighted by molar-refractivity contribution is 6.30. The van der Waals surface area contributed by atoms with Gasteiger partial charge in [0.1, 0.15) is 12.1 Å². The molecule has 1 aromatic carbocycles. The molecule has 1 N–H and O–H groups in total. The lowest BCUT2D eigenvalue weighted by Gasteiger charge is -2.32. The Bertz CT molecular complexity index is 1180. The van der Waals surface area contributed by atoms with Gasteiger partial charge in [-0.15, -0.1) is 5.10 Å². The average Bonchev–Trinajstić information content (AvgIpc) is 3.17. The highest BCUT2D eigenvalue weighted by Gasteiger charge is 2.21. The number of piperidine rings is 1. The van der Waals surface area contributed by atoms with Crippen molar-refractivity contribution < 1.29 is 0 Å². The zero-order valence-electron chi connectivity index (χ0n) is 16.7. The van der Waals surface area contributed by atoms with Gasteiger partial charge in [-0.3, -0.25) is 0 Å². The number of hydrogen-bond acceptors (Lipinski definition) is 6. The Balaban J connectivity index is 1.31. The highest BCUT2D eigenvalue weighted by atomic mass is 35.5. The molecule has 1 fully saturated rings. The Kier molecular flexibility index (Phi) is 4.96. The van der Waals surface area contributed by atoms with E-state index in [0.717, 1.165) is 54.2 Å². The topological polar surface area (TPSA) is 71.2 Å². The summed E-state index contributed by atoms with van der Waals surface area (Å²) >= 11 is 6.18. The summed E-state index contributed by atoms with van der Waals surface area (Å²) in [6.45, 7) is 3.87. The largest absolute Gasteiger partial charge is 0.356 e. The fourth-order valence-electron chi connectivity index (χ4n) is 3.90. The van der Waals surface area contributed by atoms with E-state index in [1.54, 1.807) is 6.33 Å². The first-order valence-electron chi connectivity index (χ1n) is 10.1. The normalized spacial score (nSPS) is 14.9. The number of anilines is 2. The predicted molar refractivity (Wildman–Crippen MR) is 119 cm³/mol. The molecule has 8 heteroatoms. The molecule has 1 saturated heterocycles. The SMILES string of the molecule is Cc1cc(N2CCC(Nc3nc4c(-c5cccc(Cl)c5)cccn4n3)CC2)ncn1. The molecule has 0 bridgehead atoms. The summed E-state index contributed by atoms with van der Waals surface area (Å²) in [5, 5.41) is 8.85. The maximum Gasteiger partial charge on any atom is 0.243 e. The Morgan fingerprint density at radius 2 is 1.93 bits per heavy atom. The van der Waals surface area contributed by atoms with Crippen LogP contribution in [0.4, 0.5) is 11.8 Å². The minimum Gasteiger partial charge on any atom is -0.356 e. The minimum absolute atomic E-state index is 0.330. The molecule has 4 heterocycles. The summed E-state index contributed by atoms with van der Waals surface area (Å²) < 4.78 is 1.82. The van der Waals surface area contributed by atoms with Crippen molar-refractivity contribution in [3.63, 3.8) is 0 Å². The van der Waals surface area contributed by atoms with Crippen molar-refractivity contribution in [2.45, 2.75) is 25.8 Å². The average molecular weight is 420 g/mol. The first kappa shape index (κ1) is 18.8. The van der Waals surface area contributed by atoms with Crippen LogP contribution >= 0.6 is 11.6 Å². The molecule has 7 nitrogen and oxygen atoms in total. The third kappa shape index (κ3) is 3.80. The van der Waals surface area contributed by atoms with Crippen molar-refractivity contribution in [3.8, 4) is 11.1 Å². The van der Waals surface area contributed by atoms with E-state index in [2.05, 4.69) is 25.3 Å². The van der Waals surface area contributed by atoms with Crippen LogP contribution in [0, 0.1) is 6.92 Å². The maximum absolute atomic E-state index is 6.18. The molecule has 3 aromatic heterocycles. The Morgan fingerprint density at radius 3 is 2.73 bits per heavy atom. The number of aromatic nitrogens is 5. The predicted octanol–water partition coefficient (Wildman–Crippen LogP) is 4.23. The van der Waals surface area contributed by atoms with Crippen molar-refractivity contribution in [3.05, 3.63) is 65.7 Å². The molecule has 0 amide bonds. The molecule has 0 unspecified atom stereocenters. The number of pyridine rings is 1. The van der Waals surface area contributed by atoms with Gasteiger partial charge in [0.15, 0.2) is 5.65 Å². The summed E-state index contributed by atoms with van der Waals surface area (Å²) in [6.07, 6.45) is 5.55. The quantitative estimate of drug-likeness (QED) is 0.533. The molecular weight excluding hydrogens is 398 g/mol. The lowest BCUT2D eigenvalue weighted by molar-refractivity contribution is 0.520. The maximum atomic E-state index is 6.18.